The maximum atomic E-state index is 13.3. The van der Waals surface area contributed by atoms with Gasteiger partial charge in [-0.2, -0.15) is 5.10 Å². The number of carbonyl (C=O) groups excluding carboxylic acids is 1. The fraction of sp³-hybridized carbons (Fsp3) is 0.269. The van der Waals surface area contributed by atoms with Crippen molar-refractivity contribution in [2.45, 2.75) is 13.5 Å². The van der Waals surface area contributed by atoms with Gasteiger partial charge in [-0.15, -0.1) is 0 Å². The number of hydrogen-bond acceptors (Lipinski definition) is 6. The first kappa shape index (κ1) is 21.6. The number of anilines is 1. The lowest BCUT2D eigenvalue weighted by Gasteiger charge is -2.32. The molecule has 0 atom stereocenters. The molecule has 1 fully saturated rings. The Kier molecular flexibility index (Phi) is 5.16. The summed E-state index contributed by atoms with van der Waals surface area (Å²) in [7, 11) is 2.16. The summed E-state index contributed by atoms with van der Waals surface area (Å²) < 4.78 is 1.58. The largest absolute Gasteiger partial charge is 0.383 e. The van der Waals surface area contributed by atoms with Gasteiger partial charge in [-0.1, -0.05) is 6.07 Å². The first-order valence-corrected chi connectivity index (χ1v) is 11.8. The Labute approximate surface area is 202 Å². The molecule has 0 amide bonds. The van der Waals surface area contributed by atoms with Crippen molar-refractivity contribution in [3.63, 3.8) is 0 Å². The molecule has 3 aromatic heterocycles. The van der Waals surface area contributed by atoms with E-state index in [9.17, 15) is 4.79 Å². The number of aromatic nitrogens is 5. The van der Waals surface area contributed by atoms with E-state index in [0.717, 1.165) is 66.2 Å². The predicted molar refractivity (Wildman–Crippen MR) is 137 cm³/mol. The number of nitrogen functional groups attached to an aromatic ring is 1. The standard InChI is InChI=1S/C26H28N8O/c1-16-29-22-6-4-19(13-23(22)30-16)34-26(27)20(14-28-34)25(35)24-12-18-11-17(3-5-21(18)31-24)15-33-9-7-32(2)8-10-33/h3-6,11-14,31H,7-10,15,27H2,1-2H3,(H,29,30). The number of hydrogen-bond donors (Lipinski definition) is 3. The van der Waals surface area contributed by atoms with Crippen LogP contribution in [0.5, 0.6) is 0 Å². The van der Waals surface area contributed by atoms with Crippen LogP contribution in [0, 0.1) is 6.92 Å². The number of benzene rings is 2. The molecule has 5 aromatic rings. The summed E-state index contributed by atoms with van der Waals surface area (Å²) in [5.74, 6) is 0.969. The normalized spacial score (nSPS) is 15.4. The number of aryl methyl sites for hydroxylation is 1. The molecule has 1 aliphatic heterocycles. The molecule has 4 N–H and O–H groups in total. The Morgan fingerprint density at radius 3 is 2.69 bits per heavy atom. The lowest BCUT2D eigenvalue weighted by molar-refractivity contribution is 0.103. The summed E-state index contributed by atoms with van der Waals surface area (Å²) in [6.45, 7) is 7.15. The summed E-state index contributed by atoms with van der Waals surface area (Å²) >= 11 is 0. The van der Waals surface area contributed by atoms with Crippen LogP contribution >= 0.6 is 0 Å². The third-order valence-corrected chi connectivity index (χ3v) is 6.81. The smallest absolute Gasteiger partial charge is 0.214 e. The summed E-state index contributed by atoms with van der Waals surface area (Å²) in [5, 5.41) is 5.42. The van der Waals surface area contributed by atoms with Crippen molar-refractivity contribution >= 4 is 33.5 Å². The highest BCUT2D eigenvalue weighted by atomic mass is 16.1. The van der Waals surface area contributed by atoms with E-state index in [1.807, 2.05) is 37.3 Å². The maximum absolute atomic E-state index is 13.3. The van der Waals surface area contributed by atoms with Gasteiger partial charge in [0.2, 0.25) is 5.78 Å². The second-order valence-corrected chi connectivity index (χ2v) is 9.39. The molecule has 6 rings (SSSR count). The van der Waals surface area contributed by atoms with Crippen molar-refractivity contribution in [1.82, 2.24) is 34.5 Å². The van der Waals surface area contributed by atoms with Crippen molar-refractivity contribution in [3.05, 3.63) is 71.3 Å². The summed E-state index contributed by atoms with van der Waals surface area (Å²) in [5.41, 5.74) is 12.0. The number of nitrogens with two attached hydrogens (primary N) is 1. The fourth-order valence-electron chi connectivity index (χ4n) is 4.81. The number of nitrogens with zero attached hydrogens (tertiary/aromatic N) is 5. The van der Waals surface area contributed by atoms with E-state index >= 15 is 0 Å². The van der Waals surface area contributed by atoms with Crippen molar-refractivity contribution in [1.29, 1.82) is 0 Å². The van der Waals surface area contributed by atoms with Crippen LogP contribution in [0.25, 0.3) is 27.6 Å². The molecule has 9 heteroatoms. The van der Waals surface area contributed by atoms with Crippen molar-refractivity contribution in [2.75, 3.05) is 39.0 Å². The molecule has 35 heavy (non-hydrogen) atoms. The highest BCUT2D eigenvalue weighted by molar-refractivity contribution is 6.12. The van der Waals surface area contributed by atoms with E-state index in [1.54, 1.807) is 4.68 Å². The molecule has 0 unspecified atom stereocenters. The molecule has 2 aromatic carbocycles. The Morgan fingerprint density at radius 1 is 1.03 bits per heavy atom. The Hall–Kier alpha value is -3.95. The van der Waals surface area contributed by atoms with Crippen LogP contribution in [0.4, 0.5) is 5.82 Å². The SMILES string of the molecule is Cc1nc2ccc(-n3ncc(C(=O)c4cc5cc(CN6CCN(C)CC6)ccc5[nH]4)c3N)cc2[nH]1. The van der Waals surface area contributed by atoms with Crippen molar-refractivity contribution in [2.24, 2.45) is 0 Å². The van der Waals surface area contributed by atoms with Gasteiger partial charge in [-0.25, -0.2) is 9.67 Å². The molecule has 1 aliphatic rings. The van der Waals surface area contributed by atoms with Crippen LogP contribution in [0.1, 0.15) is 27.4 Å². The first-order valence-electron chi connectivity index (χ1n) is 11.8. The third kappa shape index (κ3) is 3.98. The van der Waals surface area contributed by atoms with Crippen LogP contribution in [0.2, 0.25) is 0 Å². The zero-order valence-corrected chi connectivity index (χ0v) is 19.9. The maximum Gasteiger partial charge on any atom is 0.214 e. The second-order valence-electron chi connectivity index (χ2n) is 9.39. The quantitative estimate of drug-likeness (QED) is 0.342. The number of H-pyrrole nitrogens is 2. The number of carbonyl (C=O) groups is 1. The van der Waals surface area contributed by atoms with Crippen LogP contribution in [0.3, 0.4) is 0 Å². The molecule has 0 aliphatic carbocycles. The molecular formula is C26H28N8O. The number of imidazole rings is 1. The first-order chi connectivity index (χ1) is 16.9. The minimum atomic E-state index is -0.177. The number of likely N-dealkylation sites (N-methyl/N-ethyl adjacent to an activating group) is 1. The predicted octanol–water partition coefficient (Wildman–Crippen LogP) is 3.10. The highest BCUT2D eigenvalue weighted by Crippen LogP contribution is 2.25. The third-order valence-electron chi connectivity index (χ3n) is 6.81. The monoisotopic (exact) mass is 468 g/mol. The van der Waals surface area contributed by atoms with Crippen molar-refractivity contribution < 1.29 is 4.79 Å². The van der Waals surface area contributed by atoms with Gasteiger partial charge in [0.15, 0.2) is 0 Å². The van der Waals surface area contributed by atoms with E-state index < -0.39 is 0 Å². The number of ketones is 1. The van der Waals surface area contributed by atoms with Gasteiger partial charge in [-0.05, 0) is 55.9 Å². The number of piperazine rings is 1. The Bertz CT molecular complexity index is 1550. The average Bonchev–Trinajstić information content (AvgIpc) is 3.55. The lowest BCUT2D eigenvalue weighted by Crippen LogP contribution is -2.43. The van der Waals surface area contributed by atoms with Gasteiger partial charge in [0.1, 0.15) is 11.6 Å². The van der Waals surface area contributed by atoms with Gasteiger partial charge < -0.3 is 20.6 Å². The number of aromatic amines is 2. The highest BCUT2D eigenvalue weighted by Gasteiger charge is 2.20. The summed E-state index contributed by atoms with van der Waals surface area (Å²) in [4.78, 5) is 29.1. The molecule has 1 saturated heterocycles. The molecule has 178 valence electrons. The van der Waals surface area contributed by atoms with E-state index in [-0.39, 0.29) is 5.78 Å². The lowest BCUT2D eigenvalue weighted by atomic mass is 10.1. The molecule has 0 spiro atoms. The van der Waals surface area contributed by atoms with E-state index in [1.165, 1.54) is 11.8 Å². The van der Waals surface area contributed by atoms with Crippen molar-refractivity contribution in [3.8, 4) is 5.69 Å². The van der Waals surface area contributed by atoms with E-state index in [0.29, 0.717) is 17.1 Å². The Balaban J connectivity index is 1.25. The number of nitrogens with one attached hydrogen (secondary N) is 2. The zero-order chi connectivity index (χ0) is 24.1. The average molecular weight is 469 g/mol. The molecular weight excluding hydrogens is 440 g/mol. The van der Waals surface area contributed by atoms with Gasteiger partial charge >= 0.3 is 0 Å². The van der Waals surface area contributed by atoms with Gasteiger partial charge in [-0.3, -0.25) is 9.69 Å². The van der Waals surface area contributed by atoms with Crippen LogP contribution in [-0.4, -0.2) is 73.5 Å². The van der Waals surface area contributed by atoms with Crippen LogP contribution in [-0.2, 0) is 6.54 Å². The van der Waals surface area contributed by atoms with Gasteiger partial charge in [0, 0.05) is 43.6 Å². The summed E-state index contributed by atoms with van der Waals surface area (Å²) in [6.07, 6.45) is 1.53. The summed E-state index contributed by atoms with van der Waals surface area (Å²) in [6, 6.07) is 14.0. The Morgan fingerprint density at radius 2 is 1.86 bits per heavy atom. The van der Waals surface area contributed by atoms with E-state index in [2.05, 4.69) is 49.0 Å². The van der Waals surface area contributed by atoms with Gasteiger partial charge in [0.05, 0.1) is 34.2 Å². The second kappa shape index (κ2) is 8.37. The molecule has 9 nitrogen and oxygen atoms in total. The van der Waals surface area contributed by atoms with E-state index in [4.69, 9.17) is 5.73 Å². The van der Waals surface area contributed by atoms with Crippen LogP contribution in [0.15, 0.2) is 48.7 Å². The molecule has 0 saturated carbocycles. The topological polar surface area (TPSA) is 112 Å². The minimum absolute atomic E-state index is 0.177. The van der Waals surface area contributed by atoms with Crippen LogP contribution < -0.4 is 5.73 Å². The molecule has 4 heterocycles. The van der Waals surface area contributed by atoms with Gasteiger partial charge in [0.25, 0.3) is 0 Å². The zero-order valence-electron chi connectivity index (χ0n) is 19.9. The fourth-order valence-corrected chi connectivity index (χ4v) is 4.81. The molecule has 0 bridgehead atoms. The number of rotatable bonds is 5. The number of fused-ring (bicyclic) bond motifs is 2. The molecule has 0 radical (unpaired) electrons. The minimum Gasteiger partial charge on any atom is -0.383 e.